The number of nitrogens with zero attached hydrogens (tertiary/aromatic N) is 1. The number of nitrogens with one attached hydrogen (secondary N) is 4. The van der Waals surface area contributed by atoms with E-state index in [1.807, 2.05) is 12.1 Å². The van der Waals surface area contributed by atoms with E-state index in [9.17, 15) is 9.59 Å². The van der Waals surface area contributed by atoms with E-state index < -0.39 is 5.82 Å². The van der Waals surface area contributed by atoms with Crippen LogP contribution in [0.4, 0.5) is 21.5 Å². The number of aromatic amines is 1. The molecule has 4 N–H and O–H groups in total. The lowest BCUT2D eigenvalue weighted by Crippen LogP contribution is -2.24. The number of hydrogen-bond donors (Lipinski definition) is 4. The van der Waals surface area contributed by atoms with Crippen LogP contribution in [0.1, 0.15) is 43.2 Å². The number of aromatic nitrogens is 2. The molecule has 2 aromatic heterocycles. The molecule has 206 valence electrons. The second kappa shape index (κ2) is 11.1. The number of methoxy groups -OCH3 is 1. The van der Waals surface area contributed by atoms with Gasteiger partial charge in [0.15, 0.2) is 0 Å². The Morgan fingerprint density at radius 3 is 2.70 bits per heavy atom. The Morgan fingerprint density at radius 2 is 1.90 bits per heavy atom. The zero-order valence-electron chi connectivity index (χ0n) is 22.4. The highest BCUT2D eigenvalue weighted by Gasteiger charge is 2.22. The molecule has 1 amide bonds. The number of halogens is 1. The van der Waals surface area contributed by atoms with Crippen LogP contribution in [0.25, 0.3) is 22.2 Å². The number of carbonyl (C=O) groups excluding carboxylic acids is 1. The Kier molecular flexibility index (Phi) is 7.21. The van der Waals surface area contributed by atoms with Crippen molar-refractivity contribution < 1.29 is 13.9 Å². The highest BCUT2D eigenvalue weighted by Crippen LogP contribution is 2.36. The first kappa shape index (κ1) is 26.0. The molecule has 0 saturated heterocycles. The molecule has 0 spiro atoms. The zero-order chi connectivity index (χ0) is 27.6. The summed E-state index contributed by atoms with van der Waals surface area (Å²) in [6.45, 7) is 1.65. The van der Waals surface area contributed by atoms with Gasteiger partial charge in [-0.25, -0.2) is 9.37 Å². The molecule has 4 aromatic rings. The van der Waals surface area contributed by atoms with Crippen LogP contribution in [0.15, 0.2) is 53.5 Å². The summed E-state index contributed by atoms with van der Waals surface area (Å²) in [7, 11) is 1.61. The number of carbonyl (C=O) groups is 1. The van der Waals surface area contributed by atoms with Crippen molar-refractivity contribution in [2.75, 3.05) is 24.3 Å². The second-order valence-corrected chi connectivity index (χ2v) is 10.5. The van der Waals surface area contributed by atoms with Crippen molar-refractivity contribution in [3.05, 3.63) is 76.0 Å². The molecule has 1 aliphatic heterocycles. The van der Waals surface area contributed by atoms with Crippen LogP contribution in [0.5, 0.6) is 5.75 Å². The third-order valence-corrected chi connectivity index (χ3v) is 7.90. The summed E-state index contributed by atoms with van der Waals surface area (Å²) in [5.74, 6) is 0.0580. The average molecular weight is 542 g/mol. The largest absolute Gasteiger partial charge is 0.495 e. The van der Waals surface area contributed by atoms with Crippen molar-refractivity contribution in [3.8, 4) is 17.0 Å². The highest BCUT2D eigenvalue weighted by molar-refractivity contribution is 5.96. The summed E-state index contributed by atoms with van der Waals surface area (Å²) < 4.78 is 21.1. The molecule has 1 fully saturated rings. The van der Waals surface area contributed by atoms with Crippen molar-refractivity contribution in [2.24, 2.45) is 5.92 Å². The first-order valence-electron chi connectivity index (χ1n) is 13.8. The first-order valence-corrected chi connectivity index (χ1v) is 13.8. The Labute approximate surface area is 231 Å². The molecule has 1 aliphatic carbocycles. The van der Waals surface area contributed by atoms with Gasteiger partial charge in [-0.05, 0) is 79.4 Å². The quantitative estimate of drug-likeness (QED) is 0.251. The SMILES string of the molecule is COc1cc2c(cc1Nc1cc(-c3ccc(NC(=O)C4CCCCC4)cc3F)nc3cc[nH]c(=O)c13)CNCC2. The fourth-order valence-corrected chi connectivity index (χ4v) is 5.76. The Morgan fingerprint density at radius 1 is 1.05 bits per heavy atom. The van der Waals surface area contributed by atoms with Crippen molar-refractivity contribution >= 4 is 33.9 Å². The number of rotatable bonds is 6. The molecule has 3 heterocycles. The lowest BCUT2D eigenvalue weighted by atomic mass is 9.88. The number of pyridine rings is 2. The Balaban J connectivity index is 1.36. The lowest BCUT2D eigenvalue weighted by molar-refractivity contribution is -0.120. The van der Waals surface area contributed by atoms with Gasteiger partial charge in [-0.1, -0.05) is 19.3 Å². The van der Waals surface area contributed by atoms with Crippen molar-refractivity contribution in [1.29, 1.82) is 0 Å². The van der Waals surface area contributed by atoms with E-state index in [4.69, 9.17) is 4.74 Å². The summed E-state index contributed by atoms with van der Waals surface area (Å²) in [5, 5.41) is 9.98. The fraction of sp³-hybridized carbons (Fsp3) is 0.323. The van der Waals surface area contributed by atoms with Crippen molar-refractivity contribution in [3.63, 3.8) is 0 Å². The highest BCUT2D eigenvalue weighted by atomic mass is 19.1. The molecule has 0 bridgehead atoms. The van der Waals surface area contributed by atoms with Crippen LogP contribution < -0.4 is 26.2 Å². The molecule has 2 aromatic carbocycles. The normalized spacial score (nSPS) is 15.4. The van der Waals surface area contributed by atoms with Crippen LogP contribution in [0.3, 0.4) is 0 Å². The number of H-pyrrole nitrogens is 1. The van der Waals surface area contributed by atoms with Crippen LogP contribution in [0, 0.1) is 11.7 Å². The van der Waals surface area contributed by atoms with Gasteiger partial charge >= 0.3 is 0 Å². The zero-order valence-corrected chi connectivity index (χ0v) is 22.4. The second-order valence-electron chi connectivity index (χ2n) is 10.5. The summed E-state index contributed by atoms with van der Waals surface area (Å²) in [6.07, 6.45) is 7.42. The van der Waals surface area contributed by atoms with Gasteiger partial charge in [-0.3, -0.25) is 9.59 Å². The van der Waals surface area contributed by atoms with Gasteiger partial charge in [-0.15, -0.1) is 0 Å². The molecule has 2 aliphatic rings. The molecule has 1 saturated carbocycles. The molecular formula is C31H32FN5O3. The third-order valence-electron chi connectivity index (χ3n) is 7.90. The van der Waals surface area contributed by atoms with Gasteiger partial charge in [0, 0.05) is 29.9 Å². The number of benzene rings is 2. The summed E-state index contributed by atoms with van der Waals surface area (Å²) in [4.78, 5) is 32.9. The van der Waals surface area contributed by atoms with Crippen LogP contribution >= 0.6 is 0 Å². The number of fused-ring (bicyclic) bond motifs is 2. The molecule has 6 rings (SSSR count). The average Bonchev–Trinajstić information content (AvgIpc) is 2.97. The molecular weight excluding hydrogens is 509 g/mol. The summed E-state index contributed by atoms with van der Waals surface area (Å²) >= 11 is 0. The maximum absolute atomic E-state index is 15.5. The molecule has 0 unspecified atom stereocenters. The molecule has 0 atom stereocenters. The minimum atomic E-state index is -0.512. The fourth-order valence-electron chi connectivity index (χ4n) is 5.76. The standard InChI is InChI=1S/C31H32FN5O3/c1-40-28-14-19-9-11-33-17-20(19)13-26(28)37-27-16-25(36-24-10-12-34-31(39)29(24)27)22-8-7-21(15-23(22)32)35-30(38)18-5-3-2-4-6-18/h7-8,10,12-16,18,33H,2-6,9,11,17H2,1H3,(H,34,39)(H,35,38)(H,36,37). The van der Waals surface area contributed by atoms with Gasteiger partial charge in [0.1, 0.15) is 11.6 Å². The van der Waals surface area contributed by atoms with E-state index >= 15 is 4.39 Å². The molecule has 8 nitrogen and oxygen atoms in total. The van der Waals surface area contributed by atoms with Crippen LogP contribution in [-0.2, 0) is 17.8 Å². The minimum absolute atomic E-state index is 0.0262. The summed E-state index contributed by atoms with van der Waals surface area (Å²) in [6, 6.07) is 12.0. The molecule has 9 heteroatoms. The molecule has 40 heavy (non-hydrogen) atoms. The van der Waals surface area contributed by atoms with E-state index in [0.717, 1.165) is 57.2 Å². The predicted octanol–water partition coefficient (Wildman–Crippen LogP) is 5.65. The van der Waals surface area contributed by atoms with Gasteiger partial charge in [-0.2, -0.15) is 0 Å². The topological polar surface area (TPSA) is 108 Å². The number of hydrogen-bond acceptors (Lipinski definition) is 6. The lowest BCUT2D eigenvalue weighted by Gasteiger charge is -2.21. The van der Waals surface area contributed by atoms with Gasteiger partial charge in [0.2, 0.25) is 5.91 Å². The van der Waals surface area contributed by atoms with E-state index in [0.29, 0.717) is 39.4 Å². The molecule has 0 radical (unpaired) electrons. The van der Waals surface area contributed by atoms with E-state index in [1.165, 1.54) is 17.8 Å². The Bertz CT molecular complexity index is 1640. The van der Waals surface area contributed by atoms with Crippen molar-refractivity contribution in [1.82, 2.24) is 15.3 Å². The number of anilines is 3. The summed E-state index contributed by atoms with van der Waals surface area (Å²) in [5.41, 5.74) is 4.72. The van der Waals surface area contributed by atoms with Gasteiger partial charge in [0.25, 0.3) is 5.56 Å². The maximum Gasteiger partial charge on any atom is 0.259 e. The van der Waals surface area contributed by atoms with Gasteiger partial charge < -0.3 is 25.7 Å². The van der Waals surface area contributed by atoms with Crippen LogP contribution in [0.2, 0.25) is 0 Å². The monoisotopic (exact) mass is 541 g/mol. The van der Waals surface area contributed by atoms with E-state index in [1.54, 1.807) is 31.4 Å². The third kappa shape index (κ3) is 5.16. The Hall–Kier alpha value is -4.24. The number of ether oxygens (including phenoxy) is 1. The maximum atomic E-state index is 15.5. The predicted molar refractivity (Wildman–Crippen MR) is 155 cm³/mol. The van der Waals surface area contributed by atoms with Gasteiger partial charge in [0.05, 0.1) is 35.1 Å². The first-order chi connectivity index (χ1) is 19.5. The number of amides is 1. The minimum Gasteiger partial charge on any atom is -0.495 e. The smallest absolute Gasteiger partial charge is 0.259 e. The van der Waals surface area contributed by atoms with Crippen LogP contribution in [-0.4, -0.2) is 29.5 Å². The van der Waals surface area contributed by atoms with E-state index in [-0.39, 0.29) is 22.9 Å². The van der Waals surface area contributed by atoms with E-state index in [2.05, 4.69) is 25.9 Å². The van der Waals surface area contributed by atoms with Crippen molar-refractivity contribution in [2.45, 2.75) is 45.1 Å².